The van der Waals surface area contributed by atoms with Gasteiger partial charge in [-0.25, -0.2) is 0 Å². The van der Waals surface area contributed by atoms with E-state index in [4.69, 9.17) is 11.6 Å². The summed E-state index contributed by atoms with van der Waals surface area (Å²) in [4.78, 5) is 12.2. The van der Waals surface area contributed by atoms with Crippen LogP contribution in [0.25, 0.3) is 0 Å². The molecule has 0 unspecified atom stereocenters. The van der Waals surface area contributed by atoms with Crippen molar-refractivity contribution in [2.24, 2.45) is 7.05 Å². The quantitative estimate of drug-likeness (QED) is 0.871. The second-order valence-corrected chi connectivity index (χ2v) is 7.27. The summed E-state index contributed by atoms with van der Waals surface area (Å²) in [5.41, 5.74) is 4.72. The Hall–Kier alpha value is -1.81. The van der Waals surface area contributed by atoms with E-state index in [1.807, 2.05) is 37.7 Å². The average molecular weight is 346 g/mol. The molecule has 0 spiro atoms. The molecule has 1 amide bonds. The monoisotopic (exact) mass is 345 g/mol. The first-order valence-corrected chi connectivity index (χ1v) is 8.81. The molecule has 0 aliphatic heterocycles. The van der Waals surface area contributed by atoms with Gasteiger partial charge in [-0.15, -0.1) is 0 Å². The lowest BCUT2D eigenvalue weighted by molar-refractivity contribution is -0.121. The number of amides is 1. The number of nitrogens with one attached hydrogen (secondary N) is 1. The van der Waals surface area contributed by atoms with Gasteiger partial charge in [0.15, 0.2) is 0 Å². The standard InChI is InChI=1S/C19H24ClN3O/c1-13-17(14(2)23(3)22-13)8-9-18(24)21-12-19(10-11-19)15-4-6-16(20)7-5-15/h4-7H,8-12H2,1-3H3,(H,21,24). The minimum Gasteiger partial charge on any atom is -0.355 e. The van der Waals surface area contributed by atoms with Crippen LogP contribution in [0.2, 0.25) is 5.02 Å². The molecule has 4 nitrogen and oxygen atoms in total. The van der Waals surface area contributed by atoms with Crippen molar-refractivity contribution in [3.8, 4) is 0 Å². The first-order chi connectivity index (χ1) is 11.4. The van der Waals surface area contributed by atoms with Crippen molar-refractivity contribution in [2.45, 2.75) is 44.9 Å². The Balaban J connectivity index is 1.53. The van der Waals surface area contributed by atoms with Crippen LogP contribution in [0.3, 0.4) is 0 Å². The molecular weight excluding hydrogens is 322 g/mol. The van der Waals surface area contributed by atoms with Crippen molar-refractivity contribution in [3.63, 3.8) is 0 Å². The van der Waals surface area contributed by atoms with E-state index in [9.17, 15) is 4.79 Å². The topological polar surface area (TPSA) is 46.9 Å². The van der Waals surface area contributed by atoms with E-state index in [1.165, 1.54) is 11.1 Å². The number of benzene rings is 1. The van der Waals surface area contributed by atoms with Gasteiger partial charge in [-0.05, 0) is 56.4 Å². The summed E-state index contributed by atoms with van der Waals surface area (Å²) in [6.45, 7) is 4.76. The van der Waals surface area contributed by atoms with Crippen LogP contribution in [0.5, 0.6) is 0 Å². The van der Waals surface area contributed by atoms with Gasteiger partial charge in [-0.2, -0.15) is 5.10 Å². The number of carbonyl (C=O) groups is 1. The number of carbonyl (C=O) groups excluding carboxylic acids is 1. The smallest absolute Gasteiger partial charge is 0.220 e. The fourth-order valence-electron chi connectivity index (χ4n) is 3.30. The maximum Gasteiger partial charge on any atom is 0.220 e. The summed E-state index contributed by atoms with van der Waals surface area (Å²) in [7, 11) is 1.94. The van der Waals surface area contributed by atoms with E-state index >= 15 is 0 Å². The Morgan fingerprint density at radius 3 is 2.50 bits per heavy atom. The third kappa shape index (κ3) is 3.48. The Labute approximate surface area is 148 Å². The molecule has 1 saturated carbocycles. The third-order valence-electron chi connectivity index (χ3n) is 5.20. The van der Waals surface area contributed by atoms with Crippen molar-refractivity contribution in [1.82, 2.24) is 15.1 Å². The van der Waals surface area contributed by atoms with E-state index in [-0.39, 0.29) is 11.3 Å². The van der Waals surface area contributed by atoms with E-state index in [2.05, 4.69) is 22.5 Å². The molecule has 1 aliphatic carbocycles. The van der Waals surface area contributed by atoms with Gasteiger partial charge in [-0.1, -0.05) is 23.7 Å². The van der Waals surface area contributed by atoms with Gasteiger partial charge in [0.1, 0.15) is 0 Å². The molecule has 0 radical (unpaired) electrons. The molecule has 0 bridgehead atoms. The number of nitrogens with zero attached hydrogens (tertiary/aromatic N) is 2. The number of rotatable bonds is 6. The van der Waals surface area contributed by atoms with Crippen LogP contribution < -0.4 is 5.32 Å². The number of hydrogen-bond acceptors (Lipinski definition) is 2. The summed E-state index contributed by atoms with van der Waals surface area (Å²) in [5.74, 6) is 0.109. The van der Waals surface area contributed by atoms with Crippen molar-refractivity contribution < 1.29 is 4.79 Å². The second-order valence-electron chi connectivity index (χ2n) is 6.84. The number of halogens is 1. The predicted octanol–water partition coefficient (Wildman–Crippen LogP) is 3.47. The first kappa shape index (κ1) is 17.0. The van der Waals surface area contributed by atoms with Crippen LogP contribution in [0, 0.1) is 13.8 Å². The highest BCUT2D eigenvalue weighted by Gasteiger charge is 2.44. The Morgan fingerprint density at radius 1 is 1.29 bits per heavy atom. The molecule has 3 rings (SSSR count). The second kappa shape index (κ2) is 6.60. The van der Waals surface area contributed by atoms with E-state index < -0.39 is 0 Å². The van der Waals surface area contributed by atoms with Crippen LogP contribution in [-0.4, -0.2) is 22.2 Å². The van der Waals surface area contributed by atoms with Crippen LogP contribution in [0.1, 0.15) is 41.8 Å². The molecule has 1 aromatic heterocycles. The largest absolute Gasteiger partial charge is 0.355 e. The van der Waals surface area contributed by atoms with E-state index in [0.29, 0.717) is 13.0 Å². The zero-order chi connectivity index (χ0) is 17.3. The molecule has 1 N–H and O–H groups in total. The van der Waals surface area contributed by atoms with Crippen LogP contribution >= 0.6 is 11.6 Å². The lowest BCUT2D eigenvalue weighted by atomic mass is 9.96. The number of aromatic nitrogens is 2. The highest BCUT2D eigenvalue weighted by atomic mass is 35.5. The zero-order valence-electron chi connectivity index (χ0n) is 14.5. The molecule has 1 aromatic carbocycles. The van der Waals surface area contributed by atoms with Crippen molar-refractivity contribution in [3.05, 3.63) is 51.8 Å². The fourth-order valence-corrected chi connectivity index (χ4v) is 3.42. The minimum atomic E-state index is 0.109. The van der Waals surface area contributed by atoms with Gasteiger partial charge in [0.2, 0.25) is 5.91 Å². The van der Waals surface area contributed by atoms with Gasteiger partial charge in [0.05, 0.1) is 5.69 Å². The number of hydrogen-bond donors (Lipinski definition) is 1. The van der Waals surface area contributed by atoms with Crippen LogP contribution in [0.15, 0.2) is 24.3 Å². The Morgan fingerprint density at radius 2 is 1.96 bits per heavy atom. The van der Waals surface area contributed by atoms with Crippen molar-refractivity contribution >= 4 is 17.5 Å². The minimum absolute atomic E-state index is 0.109. The Bertz CT molecular complexity index is 745. The van der Waals surface area contributed by atoms with Gasteiger partial charge < -0.3 is 5.32 Å². The molecular formula is C19H24ClN3O. The molecule has 0 atom stereocenters. The predicted molar refractivity (Wildman–Crippen MR) is 96.4 cm³/mol. The average Bonchev–Trinajstić information content (AvgIpc) is 3.30. The molecule has 1 aliphatic rings. The molecule has 128 valence electrons. The summed E-state index contributed by atoms with van der Waals surface area (Å²) >= 11 is 5.96. The van der Waals surface area contributed by atoms with Gasteiger partial charge >= 0.3 is 0 Å². The molecule has 0 saturated heterocycles. The summed E-state index contributed by atoms with van der Waals surface area (Å²) < 4.78 is 1.88. The maximum absolute atomic E-state index is 12.2. The van der Waals surface area contributed by atoms with E-state index in [1.54, 1.807) is 0 Å². The van der Waals surface area contributed by atoms with Gasteiger partial charge in [0.25, 0.3) is 0 Å². The molecule has 24 heavy (non-hydrogen) atoms. The maximum atomic E-state index is 12.2. The van der Waals surface area contributed by atoms with Crippen molar-refractivity contribution in [2.75, 3.05) is 6.54 Å². The molecule has 5 heteroatoms. The van der Waals surface area contributed by atoms with Crippen LogP contribution in [0.4, 0.5) is 0 Å². The number of aryl methyl sites for hydroxylation is 2. The highest BCUT2D eigenvalue weighted by molar-refractivity contribution is 6.30. The SMILES string of the molecule is Cc1nn(C)c(C)c1CCC(=O)NCC1(c2ccc(Cl)cc2)CC1. The summed E-state index contributed by atoms with van der Waals surface area (Å²) in [5, 5.41) is 8.27. The Kier molecular flexibility index (Phi) is 4.68. The lowest BCUT2D eigenvalue weighted by Crippen LogP contribution is -2.32. The molecule has 1 fully saturated rings. The first-order valence-electron chi connectivity index (χ1n) is 8.43. The normalized spacial score (nSPS) is 15.3. The van der Waals surface area contributed by atoms with Gasteiger partial charge in [0, 0.05) is 36.1 Å². The molecule has 2 aromatic rings. The third-order valence-corrected chi connectivity index (χ3v) is 5.45. The van der Waals surface area contributed by atoms with Crippen molar-refractivity contribution in [1.29, 1.82) is 0 Å². The zero-order valence-corrected chi connectivity index (χ0v) is 15.3. The van der Waals surface area contributed by atoms with Gasteiger partial charge in [-0.3, -0.25) is 9.48 Å². The highest BCUT2D eigenvalue weighted by Crippen LogP contribution is 2.47. The summed E-state index contributed by atoms with van der Waals surface area (Å²) in [6, 6.07) is 7.99. The van der Waals surface area contributed by atoms with E-state index in [0.717, 1.165) is 35.7 Å². The van der Waals surface area contributed by atoms with Crippen LogP contribution in [-0.2, 0) is 23.7 Å². The lowest BCUT2D eigenvalue weighted by Gasteiger charge is -2.17. The summed E-state index contributed by atoms with van der Waals surface area (Å²) in [6.07, 6.45) is 3.49. The fraction of sp³-hybridized carbons (Fsp3) is 0.474. The molecule has 1 heterocycles.